The van der Waals surface area contributed by atoms with E-state index >= 15 is 0 Å². The Balaban J connectivity index is 2.44. The number of carbonyl (C=O) groups is 2. The van der Waals surface area contributed by atoms with Gasteiger partial charge in [-0.25, -0.2) is 9.18 Å². The molecule has 0 saturated carbocycles. The number of carboxylic acid groups (broad SMARTS) is 1. The summed E-state index contributed by atoms with van der Waals surface area (Å²) in [6.07, 6.45) is -1.62. The van der Waals surface area contributed by atoms with Gasteiger partial charge in [0.2, 0.25) is 0 Å². The lowest BCUT2D eigenvalue weighted by atomic mass is 9.88. The average Bonchev–Trinajstić information content (AvgIpc) is 2.69. The van der Waals surface area contributed by atoms with E-state index in [1.54, 1.807) is 6.07 Å². The van der Waals surface area contributed by atoms with Gasteiger partial charge in [-0.3, -0.25) is 0 Å². The molecule has 0 aromatic heterocycles. The number of hydrogen-bond donors (Lipinski definition) is 1. The molecule has 1 heterocycles. The first-order chi connectivity index (χ1) is 11.1. The van der Waals surface area contributed by atoms with E-state index in [4.69, 9.17) is 16.3 Å². The Morgan fingerprint density at radius 3 is 2.58 bits per heavy atom. The number of rotatable bonds is 2. The number of ether oxygens (including phenoxy) is 1. The van der Waals surface area contributed by atoms with Gasteiger partial charge in [-0.2, -0.15) is 0 Å². The molecule has 1 amide bonds. The highest BCUT2D eigenvalue weighted by Gasteiger charge is 2.39. The molecule has 1 saturated heterocycles. The molecule has 24 heavy (non-hydrogen) atoms. The van der Waals surface area contributed by atoms with Gasteiger partial charge in [0, 0.05) is 6.54 Å². The number of hydrogen-bond acceptors (Lipinski definition) is 3. The summed E-state index contributed by atoms with van der Waals surface area (Å²) in [5, 5.41) is 9.36. The highest BCUT2D eigenvalue weighted by Crippen LogP contribution is 2.36. The van der Waals surface area contributed by atoms with E-state index in [0.29, 0.717) is 11.8 Å². The number of carbonyl (C=O) groups excluding carboxylic acids is 1. The van der Waals surface area contributed by atoms with Crippen LogP contribution in [0.5, 0.6) is 0 Å². The Labute approximate surface area is 145 Å². The van der Waals surface area contributed by atoms with Crippen molar-refractivity contribution >= 4 is 24.0 Å². The van der Waals surface area contributed by atoms with Gasteiger partial charge >= 0.3 is 6.09 Å². The number of aldehydes is 1. The molecule has 0 spiro atoms. The topological polar surface area (TPSA) is 66.8 Å². The molecule has 0 radical (unpaired) electrons. The minimum Gasteiger partial charge on any atom is -0.465 e. The van der Waals surface area contributed by atoms with Crippen molar-refractivity contribution in [2.24, 2.45) is 11.3 Å². The standard InChI is InChI=1S/C17H21ClFNO4/c1-17(2,3)14-8-20(16(22)23)7-11(9-21)15(24-14)10-4-5-12(18)13(19)6-10/h4-6,9,11,14-15H,7-8H2,1-3H3,(H,22,23)/t11-,14?,15-/m0/s1. The Kier molecular flexibility index (Phi) is 5.50. The highest BCUT2D eigenvalue weighted by molar-refractivity contribution is 6.30. The van der Waals surface area contributed by atoms with Crippen molar-refractivity contribution in [1.82, 2.24) is 4.90 Å². The molecule has 7 heteroatoms. The SMILES string of the molecule is CC(C)(C)C1CN(C(=O)O)C[C@@H](C=O)[C@H](c2ccc(Cl)c(F)c2)O1. The summed E-state index contributed by atoms with van der Waals surface area (Å²) in [6, 6.07) is 4.24. The zero-order chi connectivity index (χ0) is 18.1. The zero-order valence-electron chi connectivity index (χ0n) is 13.8. The van der Waals surface area contributed by atoms with Crippen molar-refractivity contribution in [3.05, 3.63) is 34.6 Å². The molecule has 0 bridgehead atoms. The third-order valence-electron chi connectivity index (χ3n) is 4.20. The maximum absolute atomic E-state index is 13.8. The van der Waals surface area contributed by atoms with Crippen LogP contribution in [0.25, 0.3) is 0 Å². The molecule has 132 valence electrons. The molecule has 2 rings (SSSR count). The van der Waals surface area contributed by atoms with Crippen LogP contribution in [0, 0.1) is 17.2 Å². The van der Waals surface area contributed by atoms with Crippen molar-refractivity contribution in [2.45, 2.75) is 33.0 Å². The van der Waals surface area contributed by atoms with Gasteiger partial charge < -0.3 is 19.5 Å². The lowest BCUT2D eigenvalue weighted by Gasteiger charge is -2.33. The first-order valence-electron chi connectivity index (χ1n) is 7.67. The van der Waals surface area contributed by atoms with Gasteiger partial charge in [0.05, 0.1) is 29.7 Å². The van der Waals surface area contributed by atoms with Crippen molar-refractivity contribution < 1.29 is 23.8 Å². The minimum atomic E-state index is -1.11. The van der Waals surface area contributed by atoms with Crippen LogP contribution in [0.3, 0.4) is 0 Å². The minimum absolute atomic E-state index is 0.000323. The second kappa shape index (κ2) is 7.07. The van der Waals surface area contributed by atoms with Crippen molar-refractivity contribution in [3.63, 3.8) is 0 Å². The van der Waals surface area contributed by atoms with Crippen molar-refractivity contribution in [3.8, 4) is 0 Å². The monoisotopic (exact) mass is 357 g/mol. The predicted molar refractivity (Wildman–Crippen MR) is 87.6 cm³/mol. The van der Waals surface area contributed by atoms with Crippen molar-refractivity contribution in [2.75, 3.05) is 13.1 Å². The van der Waals surface area contributed by atoms with Crippen LogP contribution in [-0.2, 0) is 9.53 Å². The van der Waals surface area contributed by atoms with Crippen LogP contribution < -0.4 is 0 Å². The normalized spacial score (nSPS) is 25.2. The number of halogens is 2. The molecule has 3 atom stereocenters. The third kappa shape index (κ3) is 4.05. The van der Waals surface area contributed by atoms with Gasteiger partial charge in [-0.05, 0) is 23.1 Å². The average molecular weight is 358 g/mol. The number of benzene rings is 1. The fourth-order valence-corrected chi connectivity index (χ4v) is 2.83. The zero-order valence-corrected chi connectivity index (χ0v) is 14.6. The Morgan fingerprint density at radius 2 is 2.08 bits per heavy atom. The fourth-order valence-electron chi connectivity index (χ4n) is 2.71. The Bertz CT molecular complexity index is 632. The summed E-state index contributed by atoms with van der Waals surface area (Å²) in [6.45, 7) is 5.94. The van der Waals surface area contributed by atoms with Crippen LogP contribution in [0.2, 0.25) is 5.02 Å². The summed E-state index contributed by atoms with van der Waals surface area (Å²) in [5.41, 5.74) is 0.116. The Morgan fingerprint density at radius 1 is 1.42 bits per heavy atom. The lowest BCUT2D eigenvalue weighted by molar-refractivity contribution is -0.120. The van der Waals surface area contributed by atoms with E-state index in [1.807, 2.05) is 20.8 Å². The molecule has 1 aliphatic rings. The van der Waals surface area contributed by atoms with Crippen LogP contribution in [0.4, 0.5) is 9.18 Å². The summed E-state index contributed by atoms with van der Waals surface area (Å²) < 4.78 is 19.9. The molecule has 1 fully saturated rings. The maximum Gasteiger partial charge on any atom is 0.407 e. The molecule has 1 aromatic rings. The van der Waals surface area contributed by atoms with E-state index in [2.05, 4.69) is 0 Å². The second-order valence-corrected chi connectivity index (χ2v) is 7.48. The van der Waals surface area contributed by atoms with Crippen molar-refractivity contribution in [1.29, 1.82) is 0 Å². The molecule has 1 aromatic carbocycles. The van der Waals surface area contributed by atoms with Gasteiger partial charge in [-0.1, -0.05) is 38.4 Å². The van der Waals surface area contributed by atoms with Gasteiger partial charge in [0.1, 0.15) is 12.1 Å². The molecule has 1 N–H and O–H groups in total. The third-order valence-corrected chi connectivity index (χ3v) is 4.51. The molecular weight excluding hydrogens is 337 g/mol. The molecule has 5 nitrogen and oxygen atoms in total. The predicted octanol–water partition coefficient (Wildman–Crippen LogP) is 3.76. The van der Waals surface area contributed by atoms with Crippen LogP contribution in [-0.4, -0.2) is 41.6 Å². The first kappa shape index (κ1) is 18.7. The van der Waals surface area contributed by atoms with E-state index < -0.39 is 30.0 Å². The van der Waals surface area contributed by atoms with E-state index in [1.165, 1.54) is 17.0 Å². The number of nitrogens with zero attached hydrogens (tertiary/aromatic N) is 1. The van der Waals surface area contributed by atoms with Crippen LogP contribution in [0.1, 0.15) is 32.4 Å². The quantitative estimate of drug-likeness (QED) is 0.818. The largest absolute Gasteiger partial charge is 0.465 e. The highest BCUT2D eigenvalue weighted by atomic mass is 35.5. The van der Waals surface area contributed by atoms with Crippen LogP contribution in [0.15, 0.2) is 18.2 Å². The first-order valence-corrected chi connectivity index (χ1v) is 8.05. The van der Waals surface area contributed by atoms with E-state index in [-0.39, 0.29) is 23.5 Å². The molecule has 1 unspecified atom stereocenters. The van der Waals surface area contributed by atoms with E-state index in [0.717, 1.165) is 0 Å². The summed E-state index contributed by atoms with van der Waals surface area (Å²) in [4.78, 5) is 24.2. The molecular formula is C17H21ClFNO4. The Hall–Kier alpha value is -1.66. The summed E-state index contributed by atoms with van der Waals surface area (Å²) in [7, 11) is 0. The van der Waals surface area contributed by atoms with E-state index in [9.17, 15) is 19.1 Å². The number of amides is 1. The maximum atomic E-state index is 13.8. The fraction of sp³-hybridized carbons (Fsp3) is 0.529. The second-order valence-electron chi connectivity index (χ2n) is 7.07. The van der Waals surface area contributed by atoms with Crippen LogP contribution >= 0.6 is 11.6 Å². The summed E-state index contributed by atoms with van der Waals surface area (Å²) >= 11 is 5.72. The molecule has 1 aliphatic heterocycles. The molecule has 0 aliphatic carbocycles. The van der Waals surface area contributed by atoms with Gasteiger partial charge in [0.15, 0.2) is 0 Å². The smallest absolute Gasteiger partial charge is 0.407 e. The van der Waals surface area contributed by atoms with Gasteiger partial charge in [0.25, 0.3) is 0 Å². The lowest BCUT2D eigenvalue weighted by Crippen LogP contribution is -2.42. The summed E-state index contributed by atoms with van der Waals surface area (Å²) in [5.74, 6) is -1.33. The van der Waals surface area contributed by atoms with Gasteiger partial charge in [-0.15, -0.1) is 0 Å².